The Morgan fingerprint density at radius 3 is 2.64 bits per heavy atom. The van der Waals surface area contributed by atoms with E-state index in [-0.39, 0.29) is 11.5 Å². The summed E-state index contributed by atoms with van der Waals surface area (Å²) >= 11 is 6.79. The van der Waals surface area contributed by atoms with Gasteiger partial charge in [0.2, 0.25) is 0 Å². The number of hydrogen-bond donors (Lipinski definition) is 0. The molecule has 0 N–H and O–H groups in total. The summed E-state index contributed by atoms with van der Waals surface area (Å²) in [6, 6.07) is 5.55. The highest BCUT2D eigenvalue weighted by Crippen LogP contribution is 2.34. The molecule has 4 heterocycles. The van der Waals surface area contributed by atoms with Crippen molar-refractivity contribution in [2.24, 2.45) is 11.8 Å². The first-order valence-corrected chi connectivity index (χ1v) is 13.1. The molecule has 2 aliphatic heterocycles. The molecule has 8 heteroatoms. The number of rotatable bonds is 7. The van der Waals surface area contributed by atoms with E-state index in [0.29, 0.717) is 44.6 Å². The molecule has 2 atom stereocenters. The number of piperidine rings is 1. The third kappa shape index (κ3) is 5.17. The number of aromatic nitrogens is 2. The molecule has 176 valence electrons. The second kappa shape index (κ2) is 10.4. The maximum Gasteiger partial charge on any atom is 0.267 e. The lowest BCUT2D eigenvalue weighted by molar-refractivity contribution is -0.122. The molecule has 2 fully saturated rings. The molecular weight excluding hydrogens is 452 g/mol. The SMILES string of the molecule is CCCCCCN1C(=O)/C(=C\c2c(N3C[C@H](C)C[C@@H](C)C3)nc3ccccn3c2=O)SC1=S. The van der Waals surface area contributed by atoms with Gasteiger partial charge in [0.25, 0.3) is 11.5 Å². The topological polar surface area (TPSA) is 57.9 Å². The summed E-state index contributed by atoms with van der Waals surface area (Å²) in [7, 11) is 0. The number of carbonyl (C=O) groups is 1. The van der Waals surface area contributed by atoms with Crippen LogP contribution < -0.4 is 10.5 Å². The number of thioether (sulfide) groups is 1. The van der Waals surface area contributed by atoms with Crippen molar-refractivity contribution in [1.82, 2.24) is 14.3 Å². The third-order valence-electron chi connectivity index (χ3n) is 6.30. The second-order valence-electron chi connectivity index (χ2n) is 9.33. The van der Waals surface area contributed by atoms with E-state index < -0.39 is 0 Å². The van der Waals surface area contributed by atoms with E-state index in [1.807, 2.05) is 18.2 Å². The van der Waals surface area contributed by atoms with Gasteiger partial charge in [-0.2, -0.15) is 0 Å². The van der Waals surface area contributed by atoms with Crippen LogP contribution in [0.3, 0.4) is 0 Å². The first kappa shape index (κ1) is 24.0. The molecule has 0 aromatic carbocycles. The molecule has 1 amide bonds. The fourth-order valence-corrected chi connectivity index (χ4v) is 6.11. The van der Waals surface area contributed by atoms with Crippen LogP contribution in [0, 0.1) is 11.8 Å². The summed E-state index contributed by atoms with van der Waals surface area (Å²) in [5, 5.41) is 0. The van der Waals surface area contributed by atoms with Gasteiger partial charge in [0.15, 0.2) is 0 Å². The Hall–Kier alpha value is -2.19. The quantitative estimate of drug-likeness (QED) is 0.315. The lowest BCUT2D eigenvalue weighted by Crippen LogP contribution is -2.40. The van der Waals surface area contributed by atoms with E-state index in [1.165, 1.54) is 11.8 Å². The molecule has 0 radical (unpaired) electrons. The number of nitrogens with zero attached hydrogens (tertiary/aromatic N) is 4. The Morgan fingerprint density at radius 1 is 1.15 bits per heavy atom. The zero-order valence-corrected chi connectivity index (χ0v) is 21.3. The molecule has 0 saturated carbocycles. The van der Waals surface area contributed by atoms with Crippen LogP contribution in [0.1, 0.15) is 58.4 Å². The zero-order valence-electron chi connectivity index (χ0n) is 19.6. The highest BCUT2D eigenvalue weighted by atomic mass is 32.2. The van der Waals surface area contributed by atoms with Crippen molar-refractivity contribution in [3.8, 4) is 0 Å². The highest BCUT2D eigenvalue weighted by molar-refractivity contribution is 8.26. The summed E-state index contributed by atoms with van der Waals surface area (Å²) in [6.07, 6.45) is 8.93. The fraction of sp³-hybridized carbons (Fsp3) is 0.520. The van der Waals surface area contributed by atoms with Crippen molar-refractivity contribution in [1.29, 1.82) is 0 Å². The molecule has 0 aliphatic carbocycles. The summed E-state index contributed by atoms with van der Waals surface area (Å²) in [6.45, 7) is 8.96. The van der Waals surface area contributed by atoms with Gasteiger partial charge in [-0.1, -0.05) is 70.1 Å². The van der Waals surface area contributed by atoms with Crippen LogP contribution in [0.15, 0.2) is 34.1 Å². The minimum Gasteiger partial charge on any atom is -0.355 e. The van der Waals surface area contributed by atoms with Crippen molar-refractivity contribution in [2.45, 2.75) is 52.9 Å². The van der Waals surface area contributed by atoms with Gasteiger partial charge in [-0.25, -0.2) is 4.98 Å². The van der Waals surface area contributed by atoms with Gasteiger partial charge >= 0.3 is 0 Å². The van der Waals surface area contributed by atoms with Gasteiger partial charge in [-0.05, 0) is 42.9 Å². The minimum atomic E-state index is -0.158. The normalized spacial score (nSPS) is 22.7. The predicted octanol–water partition coefficient (Wildman–Crippen LogP) is 4.96. The van der Waals surface area contributed by atoms with E-state index in [4.69, 9.17) is 17.2 Å². The summed E-state index contributed by atoms with van der Waals surface area (Å²) in [5.74, 6) is 1.58. The van der Waals surface area contributed by atoms with Crippen molar-refractivity contribution in [3.05, 3.63) is 45.2 Å². The van der Waals surface area contributed by atoms with Crippen LogP contribution in [0.5, 0.6) is 0 Å². The molecule has 2 aromatic rings. The van der Waals surface area contributed by atoms with Crippen LogP contribution in [0.4, 0.5) is 5.82 Å². The Bertz CT molecular complexity index is 1130. The number of carbonyl (C=O) groups excluding carboxylic acids is 1. The molecule has 0 unspecified atom stereocenters. The van der Waals surface area contributed by atoms with E-state index >= 15 is 0 Å². The second-order valence-corrected chi connectivity index (χ2v) is 11.0. The standard InChI is InChI=1S/C25H32N4O2S2/c1-4-5-6-8-12-29-24(31)20(33-25(29)32)14-19-22(27-15-17(2)13-18(3)16-27)26-21-10-7-9-11-28(21)23(19)30/h7,9-11,14,17-18H,4-6,8,12-13,15-16H2,1-3H3/b20-14+/t17-,18-/m1/s1. The van der Waals surface area contributed by atoms with E-state index in [9.17, 15) is 9.59 Å². The molecule has 2 aliphatic rings. The van der Waals surface area contributed by atoms with Crippen LogP contribution in [0.2, 0.25) is 0 Å². The molecule has 4 rings (SSSR count). The van der Waals surface area contributed by atoms with Gasteiger partial charge in [0, 0.05) is 25.8 Å². The van der Waals surface area contributed by atoms with Gasteiger partial charge in [0.05, 0.1) is 10.5 Å². The average molecular weight is 485 g/mol. The number of pyridine rings is 1. The molecule has 2 saturated heterocycles. The maximum absolute atomic E-state index is 13.5. The van der Waals surface area contributed by atoms with Crippen molar-refractivity contribution in [3.63, 3.8) is 0 Å². The fourth-order valence-electron chi connectivity index (χ4n) is 4.81. The van der Waals surface area contributed by atoms with Crippen LogP contribution in [0.25, 0.3) is 11.7 Å². The Labute approximate surface area is 205 Å². The van der Waals surface area contributed by atoms with E-state index in [0.717, 1.165) is 45.2 Å². The Morgan fingerprint density at radius 2 is 1.91 bits per heavy atom. The molecular formula is C25H32N4O2S2. The van der Waals surface area contributed by atoms with Gasteiger partial charge in [-0.3, -0.25) is 18.9 Å². The molecule has 0 bridgehead atoms. The lowest BCUT2D eigenvalue weighted by Gasteiger charge is -2.36. The van der Waals surface area contributed by atoms with E-state index in [2.05, 4.69) is 25.7 Å². The minimum absolute atomic E-state index is 0.106. The number of anilines is 1. The molecule has 6 nitrogen and oxygen atoms in total. The number of fused-ring (bicyclic) bond motifs is 1. The summed E-state index contributed by atoms with van der Waals surface area (Å²) < 4.78 is 2.12. The Balaban J connectivity index is 1.73. The van der Waals surface area contributed by atoms with Crippen LogP contribution >= 0.6 is 24.0 Å². The zero-order chi connectivity index (χ0) is 23.5. The van der Waals surface area contributed by atoms with Crippen molar-refractivity contribution >= 4 is 51.7 Å². The van der Waals surface area contributed by atoms with Gasteiger partial charge in [0.1, 0.15) is 15.8 Å². The third-order valence-corrected chi connectivity index (χ3v) is 7.68. The molecule has 2 aromatic heterocycles. The number of unbranched alkanes of at least 4 members (excludes halogenated alkanes) is 3. The molecule has 33 heavy (non-hydrogen) atoms. The number of thiocarbonyl (C=S) groups is 1. The van der Waals surface area contributed by atoms with Gasteiger partial charge in [-0.15, -0.1) is 0 Å². The van der Waals surface area contributed by atoms with Crippen molar-refractivity contribution < 1.29 is 4.79 Å². The predicted molar refractivity (Wildman–Crippen MR) is 141 cm³/mol. The van der Waals surface area contributed by atoms with E-state index in [1.54, 1.807) is 21.6 Å². The lowest BCUT2D eigenvalue weighted by atomic mass is 9.91. The summed E-state index contributed by atoms with van der Waals surface area (Å²) in [5.41, 5.74) is 0.921. The number of hydrogen-bond acceptors (Lipinski definition) is 6. The van der Waals surface area contributed by atoms with Gasteiger partial charge < -0.3 is 4.90 Å². The highest BCUT2D eigenvalue weighted by Gasteiger charge is 2.33. The van der Waals surface area contributed by atoms with Crippen LogP contribution in [-0.4, -0.2) is 44.1 Å². The first-order chi connectivity index (χ1) is 15.9. The molecule has 0 spiro atoms. The maximum atomic E-state index is 13.5. The van der Waals surface area contributed by atoms with Crippen molar-refractivity contribution in [2.75, 3.05) is 24.5 Å². The largest absolute Gasteiger partial charge is 0.355 e. The van der Waals surface area contributed by atoms with Crippen LogP contribution in [-0.2, 0) is 4.79 Å². The first-order valence-electron chi connectivity index (χ1n) is 11.9. The average Bonchev–Trinajstić information content (AvgIpc) is 3.05. The smallest absolute Gasteiger partial charge is 0.267 e. The monoisotopic (exact) mass is 484 g/mol. The number of amides is 1. The Kier molecular flexibility index (Phi) is 7.54. The summed E-state index contributed by atoms with van der Waals surface area (Å²) in [4.78, 5) is 36.0.